The molecule has 1 aromatic carbocycles. The first-order chi connectivity index (χ1) is 16.5. The van der Waals surface area contributed by atoms with Crippen LogP contribution in [0.15, 0.2) is 48.9 Å². The van der Waals surface area contributed by atoms with Crippen LogP contribution in [-0.2, 0) is 6.42 Å². The second-order valence-corrected chi connectivity index (χ2v) is 8.39. The van der Waals surface area contributed by atoms with Gasteiger partial charge in [-0.3, -0.25) is 0 Å². The summed E-state index contributed by atoms with van der Waals surface area (Å²) in [6.07, 6.45) is 8.68. The van der Waals surface area contributed by atoms with Gasteiger partial charge in [-0.2, -0.15) is 8.78 Å². The van der Waals surface area contributed by atoms with Crippen LogP contribution in [-0.4, -0.2) is 39.1 Å². The number of nitrogens with zero attached hydrogens (tertiary/aromatic N) is 5. The van der Waals surface area contributed by atoms with Gasteiger partial charge in [-0.15, -0.1) is 0 Å². The molecule has 0 unspecified atom stereocenters. The Hall–Kier alpha value is -3.62. The highest BCUT2D eigenvalue weighted by atomic mass is 19.3. The maximum absolute atomic E-state index is 15.0. The fourth-order valence-corrected chi connectivity index (χ4v) is 4.41. The average Bonchev–Trinajstić information content (AvgIpc) is 3.14. The molecule has 1 fully saturated rings. The molecule has 1 aliphatic heterocycles. The SMILES string of the molecule is Cc1nc2cc(F)c(-c3cnc(N4CCCCC4)nc3)cn2c1Cc1ccccc1OC(F)F. The second kappa shape index (κ2) is 9.32. The lowest BCUT2D eigenvalue weighted by Crippen LogP contribution is -2.30. The molecule has 4 aromatic rings. The Labute approximate surface area is 195 Å². The first kappa shape index (κ1) is 22.2. The van der Waals surface area contributed by atoms with Crippen LogP contribution in [0.5, 0.6) is 5.75 Å². The van der Waals surface area contributed by atoms with Gasteiger partial charge in [0.1, 0.15) is 17.2 Å². The van der Waals surface area contributed by atoms with Crippen molar-refractivity contribution in [3.05, 3.63) is 71.7 Å². The zero-order valence-electron chi connectivity index (χ0n) is 18.7. The van der Waals surface area contributed by atoms with E-state index in [0.29, 0.717) is 40.4 Å². The topological polar surface area (TPSA) is 55.6 Å². The zero-order chi connectivity index (χ0) is 23.7. The summed E-state index contributed by atoms with van der Waals surface area (Å²) in [5, 5.41) is 0. The number of anilines is 1. The summed E-state index contributed by atoms with van der Waals surface area (Å²) >= 11 is 0. The lowest BCUT2D eigenvalue weighted by molar-refractivity contribution is -0.0503. The Bertz CT molecular complexity index is 1300. The van der Waals surface area contributed by atoms with Crippen molar-refractivity contribution >= 4 is 11.6 Å². The van der Waals surface area contributed by atoms with E-state index in [1.54, 1.807) is 41.2 Å². The molecule has 0 radical (unpaired) electrons. The van der Waals surface area contributed by atoms with E-state index in [4.69, 9.17) is 0 Å². The number of hydrogen-bond acceptors (Lipinski definition) is 5. The number of piperidine rings is 1. The van der Waals surface area contributed by atoms with Crippen molar-refractivity contribution in [3.8, 4) is 16.9 Å². The second-order valence-electron chi connectivity index (χ2n) is 8.39. The molecule has 0 saturated carbocycles. The molecule has 0 aliphatic carbocycles. The number of rotatable bonds is 6. The predicted octanol–water partition coefficient (Wildman–Crippen LogP) is 5.42. The van der Waals surface area contributed by atoms with E-state index in [2.05, 4.69) is 24.6 Å². The van der Waals surface area contributed by atoms with Crippen LogP contribution in [0.3, 0.4) is 0 Å². The highest BCUT2D eigenvalue weighted by Gasteiger charge is 2.18. The molecule has 1 saturated heterocycles. The van der Waals surface area contributed by atoms with E-state index in [-0.39, 0.29) is 5.75 Å². The summed E-state index contributed by atoms with van der Waals surface area (Å²) in [6, 6.07) is 8.01. The van der Waals surface area contributed by atoms with Crippen molar-refractivity contribution in [3.63, 3.8) is 0 Å². The fraction of sp³-hybridized carbons (Fsp3) is 0.320. The highest BCUT2D eigenvalue weighted by molar-refractivity contribution is 5.65. The molecule has 3 aromatic heterocycles. The number of aromatic nitrogens is 4. The van der Waals surface area contributed by atoms with Gasteiger partial charge in [0.25, 0.3) is 0 Å². The summed E-state index contributed by atoms with van der Waals surface area (Å²) in [4.78, 5) is 15.5. The summed E-state index contributed by atoms with van der Waals surface area (Å²) in [5.74, 6) is 0.329. The Balaban J connectivity index is 1.50. The van der Waals surface area contributed by atoms with Crippen LogP contribution in [0.1, 0.15) is 36.2 Å². The van der Waals surface area contributed by atoms with Gasteiger partial charge in [-0.05, 0) is 32.3 Å². The van der Waals surface area contributed by atoms with Crippen molar-refractivity contribution in [2.45, 2.75) is 39.2 Å². The molecule has 0 bridgehead atoms. The molecule has 1 aliphatic rings. The smallest absolute Gasteiger partial charge is 0.387 e. The molecule has 0 atom stereocenters. The molecular formula is C25H24F3N5O. The van der Waals surface area contributed by atoms with Gasteiger partial charge in [0.15, 0.2) is 0 Å². The molecule has 5 rings (SSSR count). The minimum Gasteiger partial charge on any atom is -0.435 e. The maximum Gasteiger partial charge on any atom is 0.387 e. The van der Waals surface area contributed by atoms with Gasteiger partial charge in [0, 0.05) is 66.6 Å². The molecule has 6 nitrogen and oxygen atoms in total. The maximum atomic E-state index is 15.0. The van der Waals surface area contributed by atoms with Crippen molar-refractivity contribution in [2.75, 3.05) is 18.0 Å². The minimum atomic E-state index is -2.92. The molecule has 176 valence electrons. The molecule has 34 heavy (non-hydrogen) atoms. The van der Waals surface area contributed by atoms with Crippen molar-refractivity contribution in [1.29, 1.82) is 0 Å². The number of alkyl halides is 2. The Kier molecular flexibility index (Phi) is 6.08. The molecule has 0 spiro atoms. The zero-order valence-corrected chi connectivity index (χ0v) is 18.7. The summed E-state index contributed by atoms with van der Waals surface area (Å²) in [5.41, 5.74) is 3.36. The Morgan fingerprint density at radius 3 is 2.53 bits per heavy atom. The van der Waals surface area contributed by atoms with E-state index in [9.17, 15) is 8.78 Å². The average molecular weight is 467 g/mol. The number of ether oxygens (including phenoxy) is 1. The molecule has 9 heteroatoms. The monoisotopic (exact) mass is 467 g/mol. The fourth-order valence-electron chi connectivity index (χ4n) is 4.41. The molecule has 0 N–H and O–H groups in total. The van der Waals surface area contributed by atoms with Gasteiger partial charge in [-0.1, -0.05) is 18.2 Å². The standard InChI is InChI=1S/C25H24F3N5O/c1-16-21(11-17-7-3-4-8-22(17)34-24(27)28)33-15-19(20(26)12-23(33)31-16)18-13-29-25(30-14-18)32-9-5-2-6-10-32/h3-4,7-8,12-15,24H,2,5-6,9-11H2,1H3. The molecule has 0 amide bonds. The van der Waals surface area contributed by atoms with Gasteiger partial charge in [0.2, 0.25) is 5.95 Å². The van der Waals surface area contributed by atoms with Crippen LogP contribution < -0.4 is 9.64 Å². The van der Waals surface area contributed by atoms with Crippen molar-refractivity contribution < 1.29 is 17.9 Å². The van der Waals surface area contributed by atoms with Crippen LogP contribution in [0, 0.1) is 12.7 Å². The van der Waals surface area contributed by atoms with Gasteiger partial charge >= 0.3 is 6.61 Å². The molecular weight excluding hydrogens is 443 g/mol. The van der Waals surface area contributed by atoms with Crippen molar-refractivity contribution in [1.82, 2.24) is 19.4 Å². The first-order valence-electron chi connectivity index (χ1n) is 11.3. The quantitative estimate of drug-likeness (QED) is 0.379. The van der Waals surface area contributed by atoms with Crippen molar-refractivity contribution in [2.24, 2.45) is 0 Å². The minimum absolute atomic E-state index is 0.107. The van der Waals surface area contributed by atoms with Crippen LogP contribution >= 0.6 is 0 Å². The van der Waals surface area contributed by atoms with E-state index in [0.717, 1.165) is 31.6 Å². The third kappa shape index (κ3) is 4.42. The van der Waals surface area contributed by atoms with E-state index in [1.807, 2.05) is 6.92 Å². The van der Waals surface area contributed by atoms with Gasteiger partial charge in [-0.25, -0.2) is 19.3 Å². The Morgan fingerprint density at radius 1 is 1.06 bits per heavy atom. The van der Waals surface area contributed by atoms with Gasteiger partial charge < -0.3 is 14.0 Å². The summed E-state index contributed by atoms with van der Waals surface area (Å²) < 4.78 is 47.2. The number of hydrogen-bond donors (Lipinski definition) is 0. The van der Waals surface area contributed by atoms with Crippen LogP contribution in [0.4, 0.5) is 19.1 Å². The van der Waals surface area contributed by atoms with E-state index >= 15 is 4.39 Å². The van der Waals surface area contributed by atoms with E-state index < -0.39 is 12.4 Å². The lowest BCUT2D eigenvalue weighted by atomic mass is 10.1. The number of para-hydroxylation sites is 1. The van der Waals surface area contributed by atoms with Gasteiger partial charge in [0.05, 0.1) is 5.69 Å². The highest BCUT2D eigenvalue weighted by Crippen LogP contribution is 2.29. The number of imidazole rings is 1. The predicted molar refractivity (Wildman–Crippen MR) is 123 cm³/mol. The van der Waals surface area contributed by atoms with Crippen LogP contribution in [0.25, 0.3) is 16.8 Å². The summed E-state index contributed by atoms with van der Waals surface area (Å²) in [7, 11) is 0. The number of fused-ring (bicyclic) bond motifs is 1. The normalized spacial score (nSPS) is 14.2. The number of halogens is 3. The number of pyridine rings is 1. The third-order valence-corrected chi connectivity index (χ3v) is 6.14. The van der Waals surface area contributed by atoms with Crippen LogP contribution in [0.2, 0.25) is 0 Å². The number of benzene rings is 1. The largest absolute Gasteiger partial charge is 0.435 e. The molecule has 4 heterocycles. The summed E-state index contributed by atoms with van der Waals surface area (Å²) in [6.45, 7) is 0.743. The number of aryl methyl sites for hydroxylation is 1. The van der Waals surface area contributed by atoms with E-state index in [1.165, 1.54) is 18.6 Å². The Morgan fingerprint density at radius 2 is 1.79 bits per heavy atom. The lowest BCUT2D eigenvalue weighted by Gasteiger charge is -2.26. The third-order valence-electron chi connectivity index (χ3n) is 6.14. The first-order valence-corrected chi connectivity index (χ1v) is 11.3.